The van der Waals surface area contributed by atoms with Crippen LogP contribution in [-0.2, 0) is 0 Å². The zero-order valence-electron chi connectivity index (χ0n) is 9.08. The average Bonchev–Trinajstić information content (AvgIpc) is 2.30. The van der Waals surface area contributed by atoms with Crippen molar-refractivity contribution in [3.8, 4) is 0 Å². The first kappa shape index (κ1) is 12.1. The standard InChI is InChI=1S/C13H13Br2N/c1-2-9-5-3-6-10(14)12(9)13-11(15)7-4-8-16-13/h3-4,6-9H,2,5H2,1H3. The van der Waals surface area contributed by atoms with Crippen molar-refractivity contribution in [3.05, 3.63) is 45.1 Å². The molecule has 0 spiro atoms. The summed E-state index contributed by atoms with van der Waals surface area (Å²) in [7, 11) is 0. The van der Waals surface area contributed by atoms with E-state index in [-0.39, 0.29) is 0 Å². The second-order valence-corrected chi connectivity index (χ2v) is 5.55. The molecule has 1 nitrogen and oxygen atoms in total. The minimum Gasteiger partial charge on any atom is -0.255 e. The predicted octanol–water partition coefficient (Wildman–Crippen LogP) is 4.94. The molecule has 0 N–H and O–H groups in total. The number of rotatable bonds is 2. The number of hydrogen-bond acceptors (Lipinski definition) is 1. The normalized spacial score (nSPS) is 20.3. The van der Waals surface area contributed by atoms with E-state index < -0.39 is 0 Å². The summed E-state index contributed by atoms with van der Waals surface area (Å²) in [6, 6.07) is 3.99. The summed E-state index contributed by atoms with van der Waals surface area (Å²) in [5.74, 6) is 0.561. The molecule has 1 aromatic heterocycles. The lowest BCUT2D eigenvalue weighted by Crippen LogP contribution is -2.07. The van der Waals surface area contributed by atoms with Crippen LogP contribution in [0.25, 0.3) is 5.57 Å². The summed E-state index contributed by atoms with van der Waals surface area (Å²) in [6.07, 6.45) is 8.43. The highest BCUT2D eigenvalue weighted by molar-refractivity contribution is 9.12. The first-order valence-electron chi connectivity index (χ1n) is 5.41. The number of halogens is 2. The van der Waals surface area contributed by atoms with E-state index in [9.17, 15) is 0 Å². The summed E-state index contributed by atoms with van der Waals surface area (Å²) in [5.41, 5.74) is 2.38. The van der Waals surface area contributed by atoms with Crippen molar-refractivity contribution >= 4 is 37.4 Å². The van der Waals surface area contributed by atoms with Gasteiger partial charge in [0.25, 0.3) is 0 Å². The molecule has 0 fully saturated rings. The summed E-state index contributed by atoms with van der Waals surface area (Å²) < 4.78 is 2.22. The Hall–Kier alpha value is -0.410. The molecule has 0 radical (unpaired) electrons. The molecule has 1 heterocycles. The van der Waals surface area contributed by atoms with Gasteiger partial charge in [0.15, 0.2) is 0 Å². The topological polar surface area (TPSA) is 12.9 Å². The molecule has 0 saturated carbocycles. The summed E-state index contributed by atoms with van der Waals surface area (Å²) >= 11 is 7.21. The Morgan fingerprint density at radius 1 is 1.44 bits per heavy atom. The largest absolute Gasteiger partial charge is 0.255 e. The van der Waals surface area contributed by atoms with Crippen LogP contribution in [0.4, 0.5) is 0 Å². The molecule has 0 amide bonds. The van der Waals surface area contributed by atoms with Crippen LogP contribution in [-0.4, -0.2) is 4.98 Å². The van der Waals surface area contributed by atoms with Gasteiger partial charge in [0, 0.05) is 15.2 Å². The third-order valence-electron chi connectivity index (χ3n) is 2.86. The van der Waals surface area contributed by atoms with E-state index in [1.54, 1.807) is 0 Å². The summed E-state index contributed by atoms with van der Waals surface area (Å²) in [6.45, 7) is 2.22. The van der Waals surface area contributed by atoms with Crippen LogP contribution >= 0.6 is 31.9 Å². The molecule has 2 rings (SSSR count). The van der Waals surface area contributed by atoms with Crippen LogP contribution in [0.1, 0.15) is 25.5 Å². The monoisotopic (exact) mass is 341 g/mol. The highest BCUT2D eigenvalue weighted by atomic mass is 79.9. The Balaban J connectivity index is 2.52. The van der Waals surface area contributed by atoms with Gasteiger partial charge in [-0.2, -0.15) is 0 Å². The molecule has 84 valence electrons. The Morgan fingerprint density at radius 3 is 2.94 bits per heavy atom. The molecular formula is C13H13Br2N. The first-order valence-corrected chi connectivity index (χ1v) is 6.99. The minimum atomic E-state index is 0.561. The molecule has 0 saturated heterocycles. The maximum atomic E-state index is 4.48. The lowest BCUT2D eigenvalue weighted by Gasteiger charge is -2.22. The lowest BCUT2D eigenvalue weighted by atomic mass is 9.87. The van der Waals surface area contributed by atoms with Gasteiger partial charge in [-0.1, -0.05) is 35.0 Å². The molecule has 3 heteroatoms. The van der Waals surface area contributed by atoms with Gasteiger partial charge in [-0.05, 0) is 52.4 Å². The summed E-state index contributed by atoms with van der Waals surface area (Å²) in [5, 5.41) is 0. The zero-order valence-corrected chi connectivity index (χ0v) is 12.3. The maximum Gasteiger partial charge on any atom is 0.0817 e. The molecule has 0 bridgehead atoms. The third kappa shape index (κ3) is 2.30. The van der Waals surface area contributed by atoms with E-state index in [0.29, 0.717) is 5.92 Å². The molecule has 0 aromatic carbocycles. The lowest BCUT2D eigenvalue weighted by molar-refractivity contribution is 0.648. The smallest absolute Gasteiger partial charge is 0.0817 e. The van der Waals surface area contributed by atoms with Gasteiger partial charge in [0.2, 0.25) is 0 Å². The van der Waals surface area contributed by atoms with Crippen LogP contribution in [0.5, 0.6) is 0 Å². The highest BCUT2D eigenvalue weighted by Gasteiger charge is 2.21. The number of allylic oxidation sites excluding steroid dienone is 4. The van der Waals surface area contributed by atoms with Crippen molar-refractivity contribution in [2.75, 3.05) is 0 Å². The molecule has 1 unspecified atom stereocenters. The SMILES string of the molecule is CCC1CC=CC(Br)=C1c1ncccc1Br. The van der Waals surface area contributed by atoms with Crippen LogP contribution in [0.2, 0.25) is 0 Å². The number of nitrogens with zero attached hydrogens (tertiary/aromatic N) is 1. The fraction of sp³-hybridized carbons (Fsp3) is 0.308. The Morgan fingerprint density at radius 2 is 2.25 bits per heavy atom. The van der Waals surface area contributed by atoms with Crippen LogP contribution in [0.15, 0.2) is 39.4 Å². The Bertz CT molecular complexity index is 449. The zero-order chi connectivity index (χ0) is 11.5. The molecule has 1 aromatic rings. The van der Waals surface area contributed by atoms with Crippen molar-refractivity contribution < 1.29 is 0 Å². The van der Waals surface area contributed by atoms with E-state index >= 15 is 0 Å². The van der Waals surface area contributed by atoms with Gasteiger partial charge in [-0.15, -0.1) is 0 Å². The van der Waals surface area contributed by atoms with Crippen molar-refractivity contribution in [2.45, 2.75) is 19.8 Å². The fourth-order valence-corrected chi connectivity index (χ4v) is 3.17. The molecule has 1 atom stereocenters. The first-order chi connectivity index (χ1) is 7.74. The molecule has 0 aliphatic heterocycles. The van der Waals surface area contributed by atoms with Crippen LogP contribution in [0.3, 0.4) is 0 Å². The fourth-order valence-electron chi connectivity index (χ4n) is 2.00. The van der Waals surface area contributed by atoms with Gasteiger partial charge in [0.1, 0.15) is 0 Å². The van der Waals surface area contributed by atoms with Crippen molar-refractivity contribution in [2.24, 2.45) is 5.92 Å². The number of hydrogen-bond donors (Lipinski definition) is 0. The number of pyridine rings is 1. The molecule has 1 aliphatic rings. The van der Waals surface area contributed by atoms with Gasteiger partial charge < -0.3 is 0 Å². The van der Waals surface area contributed by atoms with E-state index in [4.69, 9.17) is 0 Å². The van der Waals surface area contributed by atoms with Crippen molar-refractivity contribution in [1.29, 1.82) is 0 Å². The van der Waals surface area contributed by atoms with Crippen molar-refractivity contribution in [3.63, 3.8) is 0 Å². The van der Waals surface area contributed by atoms with E-state index in [1.165, 1.54) is 5.57 Å². The van der Waals surface area contributed by atoms with E-state index in [0.717, 1.165) is 27.5 Å². The molecule has 16 heavy (non-hydrogen) atoms. The van der Waals surface area contributed by atoms with E-state index in [1.807, 2.05) is 18.3 Å². The third-order valence-corrected chi connectivity index (χ3v) is 4.19. The number of aromatic nitrogens is 1. The van der Waals surface area contributed by atoms with Gasteiger partial charge in [-0.25, -0.2) is 0 Å². The van der Waals surface area contributed by atoms with Gasteiger partial charge in [0.05, 0.1) is 5.69 Å². The van der Waals surface area contributed by atoms with E-state index in [2.05, 4.69) is 55.9 Å². The second kappa shape index (κ2) is 5.28. The quantitative estimate of drug-likeness (QED) is 0.742. The summed E-state index contributed by atoms with van der Waals surface area (Å²) in [4.78, 5) is 4.48. The maximum absolute atomic E-state index is 4.48. The van der Waals surface area contributed by atoms with Crippen LogP contribution < -0.4 is 0 Å². The minimum absolute atomic E-state index is 0.561. The molecular weight excluding hydrogens is 330 g/mol. The average molecular weight is 343 g/mol. The Kier molecular flexibility index (Phi) is 3.98. The van der Waals surface area contributed by atoms with Crippen molar-refractivity contribution in [1.82, 2.24) is 4.98 Å². The Labute approximate surface area is 113 Å². The highest BCUT2D eigenvalue weighted by Crippen LogP contribution is 2.39. The second-order valence-electron chi connectivity index (χ2n) is 3.84. The van der Waals surface area contributed by atoms with Gasteiger partial charge >= 0.3 is 0 Å². The van der Waals surface area contributed by atoms with Gasteiger partial charge in [-0.3, -0.25) is 4.98 Å². The molecule has 1 aliphatic carbocycles. The predicted molar refractivity (Wildman–Crippen MR) is 75.3 cm³/mol. The van der Waals surface area contributed by atoms with Crippen LogP contribution in [0, 0.1) is 5.92 Å².